The van der Waals surface area contributed by atoms with E-state index in [0.717, 1.165) is 29.7 Å². The van der Waals surface area contributed by atoms with Crippen LogP contribution >= 0.6 is 0 Å². The molecule has 5 heteroatoms. The largest absolute Gasteiger partial charge is 0.338 e. The lowest BCUT2D eigenvalue weighted by molar-refractivity contribution is -0.121. The molecule has 0 saturated carbocycles. The minimum Gasteiger partial charge on any atom is -0.338 e. The third-order valence-electron chi connectivity index (χ3n) is 4.67. The van der Waals surface area contributed by atoms with Crippen LogP contribution in [0.2, 0.25) is 0 Å². The highest BCUT2D eigenvalue weighted by Gasteiger charge is 2.29. The first-order chi connectivity index (χ1) is 12.4. The van der Waals surface area contributed by atoms with E-state index < -0.39 is 5.82 Å². The van der Waals surface area contributed by atoms with Crippen LogP contribution in [0.1, 0.15) is 34.3 Å². The molecule has 26 heavy (non-hydrogen) atoms. The van der Waals surface area contributed by atoms with Crippen LogP contribution in [-0.4, -0.2) is 29.8 Å². The van der Waals surface area contributed by atoms with Gasteiger partial charge in [0.1, 0.15) is 5.82 Å². The number of nitrogens with one attached hydrogen (secondary N) is 1. The van der Waals surface area contributed by atoms with E-state index in [4.69, 9.17) is 0 Å². The highest BCUT2D eigenvalue weighted by molar-refractivity contribution is 5.96. The zero-order chi connectivity index (χ0) is 18.7. The first-order valence-corrected chi connectivity index (χ1v) is 8.87. The normalized spacial score (nSPS) is 17.0. The molecule has 1 aliphatic heterocycles. The van der Waals surface area contributed by atoms with Crippen molar-refractivity contribution in [3.8, 4) is 0 Å². The molecule has 1 saturated heterocycles. The molecule has 0 aliphatic carbocycles. The summed E-state index contributed by atoms with van der Waals surface area (Å²) in [5.74, 6) is -1.27. The zero-order valence-corrected chi connectivity index (χ0v) is 15.1. The molecule has 136 valence electrons. The van der Waals surface area contributed by atoms with Gasteiger partial charge in [0.05, 0.1) is 11.5 Å². The average Bonchev–Trinajstić information content (AvgIpc) is 2.61. The summed E-state index contributed by atoms with van der Waals surface area (Å²) in [7, 11) is 0. The van der Waals surface area contributed by atoms with Gasteiger partial charge in [0, 0.05) is 18.8 Å². The van der Waals surface area contributed by atoms with Crippen molar-refractivity contribution in [2.75, 3.05) is 18.4 Å². The highest BCUT2D eigenvalue weighted by Crippen LogP contribution is 2.22. The number of hydrogen-bond acceptors (Lipinski definition) is 2. The zero-order valence-electron chi connectivity index (χ0n) is 15.1. The van der Waals surface area contributed by atoms with Gasteiger partial charge < -0.3 is 10.2 Å². The van der Waals surface area contributed by atoms with Gasteiger partial charge in [0.2, 0.25) is 5.91 Å². The maximum atomic E-state index is 13.9. The number of anilines is 1. The predicted molar refractivity (Wildman–Crippen MR) is 99.6 cm³/mol. The molecule has 1 fully saturated rings. The second-order valence-corrected chi connectivity index (χ2v) is 6.94. The molecule has 1 N–H and O–H groups in total. The van der Waals surface area contributed by atoms with Crippen molar-refractivity contribution in [1.82, 2.24) is 4.90 Å². The van der Waals surface area contributed by atoms with E-state index in [0.29, 0.717) is 13.1 Å². The van der Waals surface area contributed by atoms with E-state index in [1.54, 1.807) is 17.0 Å². The number of carbonyl (C=O) groups excluding carboxylic acids is 2. The number of likely N-dealkylation sites (tertiary alicyclic amines) is 1. The van der Waals surface area contributed by atoms with Crippen molar-refractivity contribution >= 4 is 17.5 Å². The predicted octanol–water partition coefficient (Wildman–Crippen LogP) is 3.93. The summed E-state index contributed by atoms with van der Waals surface area (Å²) in [6.45, 7) is 4.82. The molecule has 2 aromatic rings. The topological polar surface area (TPSA) is 49.4 Å². The number of carbonyl (C=O) groups is 2. The van der Waals surface area contributed by atoms with Gasteiger partial charge in [0.15, 0.2) is 0 Å². The van der Waals surface area contributed by atoms with Gasteiger partial charge >= 0.3 is 0 Å². The summed E-state index contributed by atoms with van der Waals surface area (Å²) in [5, 5.41) is 2.95. The third-order valence-corrected chi connectivity index (χ3v) is 4.67. The Balaban J connectivity index is 1.69. The van der Waals surface area contributed by atoms with Crippen molar-refractivity contribution in [1.29, 1.82) is 0 Å². The molecular formula is C21H23FN2O2. The number of rotatable bonds is 3. The van der Waals surface area contributed by atoms with Crippen molar-refractivity contribution in [2.45, 2.75) is 26.7 Å². The first-order valence-electron chi connectivity index (χ1n) is 8.87. The van der Waals surface area contributed by atoms with Crippen LogP contribution in [-0.2, 0) is 4.79 Å². The third kappa shape index (κ3) is 4.10. The van der Waals surface area contributed by atoms with Gasteiger partial charge in [-0.2, -0.15) is 0 Å². The minimum atomic E-state index is -0.528. The van der Waals surface area contributed by atoms with Crippen molar-refractivity contribution in [2.24, 2.45) is 5.92 Å². The maximum Gasteiger partial charge on any atom is 0.256 e. The summed E-state index contributed by atoms with van der Waals surface area (Å²) in [5.41, 5.74) is 2.99. The monoisotopic (exact) mass is 354 g/mol. The second-order valence-electron chi connectivity index (χ2n) is 6.94. The molecule has 3 rings (SSSR count). The molecule has 0 radical (unpaired) electrons. The maximum absolute atomic E-state index is 13.9. The highest BCUT2D eigenvalue weighted by atomic mass is 19.1. The molecule has 0 bridgehead atoms. The lowest BCUT2D eigenvalue weighted by atomic mass is 9.96. The molecule has 1 aliphatic rings. The van der Waals surface area contributed by atoms with Gasteiger partial charge in [-0.25, -0.2) is 4.39 Å². The summed E-state index contributed by atoms with van der Waals surface area (Å²) in [6.07, 6.45) is 1.45. The van der Waals surface area contributed by atoms with E-state index in [2.05, 4.69) is 5.32 Å². The van der Waals surface area contributed by atoms with Crippen molar-refractivity contribution in [3.05, 3.63) is 65.0 Å². The van der Waals surface area contributed by atoms with Crippen molar-refractivity contribution < 1.29 is 14.0 Å². The summed E-state index contributed by atoms with van der Waals surface area (Å²) in [4.78, 5) is 26.8. The van der Waals surface area contributed by atoms with Crippen LogP contribution in [0.15, 0.2) is 42.5 Å². The number of aryl methyl sites for hydroxylation is 2. The van der Waals surface area contributed by atoms with Crippen LogP contribution in [0.3, 0.4) is 0 Å². The standard InChI is InChI=1S/C21H23FN2O2/c1-14-10-15(2)12-17(11-14)23-20(25)16-6-5-9-24(13-16)21(26)18-7-3-4-8-19(18)22/h3-4,7-8,10-12,16H,5-6,9,13H2,1-2H3,(H,23,25)/t16-/m1/s1. The molecule has 2 aromatic carbocycles. The summed E-state index contributed by atoms with van der Waals surface area (Å²) in [6, 6.07) is 11.9. The fourth-order valence-electron chi connectivity index (χ4n) is 3.47. The number of amides is 2. The van der Waals surface area contributed by atoms with E-state index in [1.165, 1.54) is 12.1 Å². The van der Waals surface area contributed by atoms with Crippen LogP contribution in [0, 0.1) is 25.6 Å². The van der Waals surface area contributed by atoms with E-state index in [9.17, 15) is 14.0 Å². The number of benzene rings is 2. The molecule has 0 unspecified atom stereocenters. The smallest absolute Gasteiger partial charge is 0.256 e. The Morgan fingerprint density at radius 2 is 1.81 bits per heavy atom. The van der Waals surface area contributed by atoms with Gasteiger partial charge in [-0.1, -0.05) is 18.2 Å². The molecule has 0 spiro atoms. The second kappa shape index (κ2) is 7.68. The molecule has 2 amide bonds. The number of hydrogen-bond donors (Lipinski definition) is 1. The molecular weight excluding hydrogens is 331 g/mol. The fraction of sp³-hybridized carbons (Fsp3) is 0.333. The summed E-state index contributed by atoms with van der Waals surface area (Å²) < 4.78 is 13.9. The Morgan fingerprint density at radius 1 is 1.12 bits per heavy atom. The molecule has 0 aromatic heterocycles. The SMILES string of the molecule is Cc1cc(C)cc(NC(=O)[C@@H]2CCCN(C(=O)c3ccccc3F)C2)c1. The fourth-order valence-corrected chi connectivity index (χ4v) is 3.47. The minimum absolute atomic E-state index is 0.0582. The molecule has 4 nitrogen and oxygen atoms in total. The van der Waals surface area contributed by atoms with Gasteiger partial charge in [-0.05, 0) is 62.1 Å². The number of halogens is 1. The van der Waals surface area contributed by atoms with Crippen LogP contribution in [0.25, 0.3) is 0 Å². The van der Waals surface area contributed by atoms with Gasteiger partial charge in [-0.15, -0.1) is 0 Å². The number of nitrogens with zero attached hydrogens (tertiary/aromatic N) is 1. The Morgan fingerprint density at radius 3 is 2.50 bits per heavy atom. The van der Waals surface area contributed by atoms with Crippen LogP contribution in [0.4, 0.5) is 10.1 Å². The van der Waals surface area contributed by atoms with E-state index >= 15 is 0 Å². The van der Waals surface area contributed by atoms with Crippen LogP contribution in [0.5, 0.6) is 0 Å². The lowest BCUT2D eigenvalue weighted by Crippen LogP contribution is -2.44. The average molecular weight is 354 g/mol. The van der Waals surface area contributed by atoms with E-state index in [-0.39, 0.29) is 23.3 Å². The molecule has 1 heterocycles. The Labute approximate surface area is 153 Å². The van der Waals surface area contributed by atoms with Crippen molar-refractivity contribution in [3.63, 3.8) is 0 Å². The van der Waals surface area contributed by atoms with Gasteiger partial charge in [-0.3, -0.25) is 9.59 Å². The molecule has 1 atom stereocenters. The Bertz CT molecular complexity index is 814. The Hall–Kier alpha value is -2.69. The Kier molecular flexibility index (Phi) is 5.35. The van der Waals surface area contributed by atoms with E-state index in [1.807, 2.05) is 32.0 Å². The quantitative estimate of drug-likeness (QED) is 0.908. The number of piperidine rings is 1. The van der Waals surface area contributed by atoms with Crippen LogP contribution < -0.4 is 5.32 Å². The first kappa shape index (κ1) is 18.1. The lowest BCUT2D eigenvalue weighted by Gasteiger charge is -2.32. The van der Waals surface area contributed by atoms with Gasteiger partial charge in [0.25, 0.3) is 5.91 Å². The summed E-state index contributed by atoms with van der Waals surface area (Å²) >= 11 is 0.